The summed E-state index contributed by atoms with van der Waals surface area (Å²) in [5.41, 5.74) is 5.90. The topological polar surface area (TPSA) is 104 Å². The molecule has 1 aliphatic carbocycles. The number of nitrogens with two attached hydrogens (primary N) is 1. The number of anilines is 1. The fourth-order valence-corrected chi connectivity index (χ4v) is 2.52. The lowest BCUT2D eigenvalue weighted by molar-refractivity contribution is 0.308. The Balaban J connectivity index is 1.80. The summed E-state index contributed by atoms with van der Waals surface area (Å²) in [7, 11) is 0. The summed E-state index contributed by atoms with van der Waals surface area (Å²) in [5.74, 6) is 2.35. The molecule has 3 rings (SSSR count). The molecular weight excluding hydrogens is 234 g/mol. The van der Waals surface area contributed by atoms with Crippen molar-refractivity contribution >= 4 is 5.82 Å². The molecule has 1 saturated carbocycles. The second kappa shape index (κ2) is 4.40. The first-order valence-corrected chi connectivity index (χ1v) is 6.20. The first kappa shape index (κ1) is 11.2. The van der Waals surface area contributed by atoms with Crippen LogP contribution in [0.15, 0.2) is 9.15 Å². The van der Waals surface area contributed by atoms with E-state index in [1.54, 1.807) is 0 Å². The maximum atomic E-state index is 5.58. The Morgan fingerprint density at radius 2 is 2.17 bits per heavy atom. The molecule has 2 aromatic rings. The van der Waals surface area contributed by atoms with Crippen molar-refractivity contribution < 1.29 is 9.15 Å². The van der Waals surface area contributed by atoms with Gasteiger partial charge in [-0.1, -0.05) is 18.5 Å². The maximum absolute atomic E-state index is 5.58. The van der Waals surface area contributed by atoms with E-state index in [9.17, 15) is 0 Å². The molecule has 0 aliphatic heterocycles. The van der Waals surface area contributed by atoms with Crippen LogP contribution in [0, 0.1) is 5.92 Å². The molecule has 2 atom stereocenters. The lowest BCUT2D eigenvalue weighted by Crippen LogP contribution is -1.97. The van der Waals surface area contributed by atoms with Crippen LogP contribution in [0.2, 0.25) is 0 Å². The average Bonchev–Trinajstić information content (AvgIpc) is 3.07. The molecule has 1 fully saturated rings. The SMILES string of the molecule is CCC1CCC(c2noc(-c3nonc3N)n2)C1. The van der Waals surface area contributed by atoms with Crippen molar-refractivity contribution in [2.75, 3.05) is 5.73 Å². The molecule has 0 amide bonds. The van der Waals surface area contributed by atoms with Gasteiger partial charge in [0.25, 0.3) is 5.89 Å². The van der Waals surface area contributed by atoms with E-state index in [0.717, 1.165) is 24.6 Å². The predicted octanol–water partition coefficient (Wildman–Crippen LogP) is 2.00. The minimum absolute atomic E-state index is 0.169. The van der Waals surface area contributed by atoms with Crippen LogP contribution in [0.4, 0.5) is 5.82 Å². The van der Waals surface area contributed by atoms with Crippen molar-refractivity contribution in [3.63, 3.8) is 0 Å². The third-order valence-electron chi connectivity index (χ3n) is 3.64. The summed E-state index contributed by atoms with van der Waals surface area (Å²) in [4.78, 5) is 4.34. The van der Waals surface area contributed by atoms with Gasteiger partial charge in [0, 0.05) is 5.92 Å². The van der Waals surface area contributed by atoms with Crippen LogP contribution < -0.4 is 5.73 Å². The molecule has 0 aromatic carbocycles. The predicted molar refractivity (Wildman–Crippen MR) is 62.4 cm³/mol. The average molecular weight is 249 g/mol. The number of hydrogen-bond acceptors (Lipinski definition) is 7. The van der Waals surface area contributed by atoms with Crippen LogP contribution in [0.25, 0.3) is 11.6 Å². The van der Waals surface area contributed by atoms with Crippen LogP contribution in [-0.2, 0) is 0 Å². The lowest BCUT2D eigenvalue weighted by atomic mass is 10.0. The van der Waals surface area contributed by atoms with Crippen LogP contribution in [-0.4, -0.2) is 20.5 Å². The van der Waals surface area contributed by atoms with Crippen molar-refractivity contribution in [2.24, 2.45) is 5.92 Å². The maximum Gasteiger partial charge on any atom is 0.284 e. The fourth-order valence-electron chi connectivity index (χ4n) is 2.52. The molecule has 0 radical (unpaired) electrons. The van der Waals surface area contributed by atoms with Gasteiger partial charge in [0.1, 0.15) is 0 Å². The zero-order chi connectivity index (χ0) is 12.5. The van der Waals surface area contributed by atoms with Crippen molar-refractivity contribution in [2.45, 2.75) is 38.5 Å². The Hall–Kier alpha value is -1.92. The minimum Gasteiger partial charge on any atom is -0.379 e. The van der Waals surface area contributed by atoms with Gasteiger partial charge in [-0.2, -0.15) is 4.98 Å². The number of aromatic nitrogens is 4. The molecule has 2 aromatic heterocycles. The van der Waals surface area contributed by atoms with Gasteiger partial charge in [0.05, 0.1) is 0 Å². The lowest BCUT2D eigenvalue weighted by Gasteiger charge is -2.04. The van der Waals surface area contributed by atoms with Crippen LogP contribution in [0.1, 0.15) is 44.3 Å². The summed E-state index contributed by atoms with van der Waals surface area (Å²) in [6.45, 7) is 2.22. The van der Waals surface area contributed by atoms with Gasteiger partial charge in [-0.15, -0.1) is 0 Å². The van der Waals surface area contributed by atoms with Gasteiger partial charge in [0.15, 0.2) is 5.82 Å². The van der Waals surface area contributed by atoms with Gasteiger partial charge < -0.3 is 10.3 Å². The summed E-state index contributed by atoms with van der Waals surface area (Å²) in [6.07, 6.45) is 4.69. The van der Waals surface area contributed by atoms with Gasteiger partial charge in [-0.25, -0.2) is 4.63 Å². The molecule has 0 spiro atoms. The van der Waals surface area contributed by atoms with E-state index < -0.39 is 0 Å². The van der Waals surface area contributed by atoms with E-state index in [1.165, 1.54) is 12.8 Å². The zero-order valence-corrected chi connectivity index (χ0v) is 10.2. The van der Waals surface area contributed by atoms with Gasteiger partial charge in [-0.3, -0.25) is 0 Å². The van der Waals surface area contributed by atoms with E-state index in [-0.39, 0.29) is 11.7 Å². The molecule has 18 heavy (non-hydrogen) atoms. The second-order valence-electron chi connectivity index (χ2n) is 4.74. The molecular formula is C11H15N5O2. The monoisotopic (exact) mass is 249 g/mol. The van der Waals surface area contributed by atoms with E-state index >= 15 is 0 Å². The number of nitrogen functional groups attached to an aromatic ring is 1. The van der Waals surface area contributed by atoms with Gasteiger partial charge >= 0.3 is 0 Å². The first-order valence-electron chi connectivity index (χ1n) is 6.20. The van der Waals surface area contributed by atoms with Gasteiger partial charge in [0.2, 0.25) is 11.5 Å². The van der Waals surface area contributed by atoms with Crippen LogP contribution in [0.3, 0.4) is 0 Å². The number of nitrogens with zero attached hydrogens (tertiary/aromatic N) is 4. The summed E-state index contributed by atoms with van der Waals surface area (Å²) in [5, 5.41) is 11.2. The molecule has 0 saturated heterocycles. The molecule has 2 unspecified atom stereocenters. The van der Waals surface area contributed by atoms with Crippen molar-refractivity contribution in [3.05, 3.63) is 5.82 Å². The highest BCUT2D eigenvalue weighted by Gasteiger charge is 2.29. The second-order valence-corrected chi connectivity index (χ2v) is 4.74. The summed E-state index contributed by atoms with van der Waals surface area (Å²) >= 11 is 0. The van der Waals surface area contributed by atoms with Crippen molar-refractivity contribution in [1.29, 1.82) is 0 Å². The minimum atomic E-state index is 0.169. The normalized spacial score (nSPS) is 23.6. The van der Waals surface area contributed by atoms with Crippen LogP contribution in [0.5, 0.6) is 0 Å². The molecule has 0 bridgehead atoms. The first-order chi connectivity index (χ1) is 8.78. The third kappa shape index (κ3) is 1.85. The highest BCUT2D eigenvalue weighted by atomic mass is 16.6. The Kier molecular flexibility index (Phi) is 2.73. The van der Waals surface area contributed by atoms with E-state index in [4.69, 9.17) is 10.3 Å². The largest absolute Gasteiger partial charge is 0.379 e. The molecule has 1 aliphatic rings. The summed E-state index contributed by atoms with van der Waals surface area (Å²) < 4.78 is 9.68. The van der Waals surface area contributed by atoms with Crippen molar-refractivity contribution in [1.82, 2.24) is 20.5 Å². The Labute approximate surface area is 104 Å². The van der Waals surface area contributed by atoms with Crippen LogP contribution >= 0.6 is 0 Å². The molecule has 7 nitrogen and oxygen atoms in total. The quantitative estimate of drug-likeness (QED) is 0.886. The smallest absolute Gasteiger partial charge is 0.284 e. The Bertz CT molecular complexity index is 535. The molecule has 2 N–H and O–H groups in total. The zero-order valence-electron chi connectivity index (χ0n) is 10.2. The highest BCUT2D eigenvalue weighted by Crippen LogP contribution is 2.38. The van der Waals surface area contributed by atoms with Gasteiger partial charge in [-0.05, 0) is 35.5 Å². The standard InChI is InChI=1S/C11H15N5O2/c1-2-6-3-4-7(5-6)10-13-11(17-16-10)8-9(12)15-18-14-8/h6-7H,2-5H2,1H3,(H2,12,15). The molecule has 2 heterocycles. The summed E-state index contributed by atoms with van der Waals surface area (Å²) in [6, 6.07) is 0. The van der Waals surface area contributed by atoms with E-state index in [2.05, 4.69) is 32.0 Å². The highest BCUT2D eigenvalue weighted by molar-refractivity contribution is 5.60. The van der Waals surface area contributed by atoms with E-state index in [0.29, 0.717) is 11.6 Å². The number of rotatable bonds is 3. The van der Waals surface area contributed by atoms with E-state index in [1.807, 2.05) is 0 Å². The van der Waals surface area contributed by atoms with Crippen molar-refractivity contribution in [3.8, 4) is 11.6 Å². The molecule has 7 heteroatoms. The fraction of sp³-hybridized carbons (Fsp3) is 0.636. The third-order valence-corrected chi connectivity index (χ3v) is 3.64. The Morgan fingerprint density at radius 3 is 2.83 bits per heavy atom. The Morgan fingerprint density at radius 1 is 1.28 bits per heavy atom. The number of hydrogen-bond donors (Lipinski definition) is 1. The molecule has 96 valence electrons.